The van der Waals surface area contributed by atoms with E-state index >= 15 is 0 Å². The van der Waals surface area contributed by atoms with E-state index < -0.39 is 0 Å². The van der Waals surface area contributed by atoms with E-state index in [2.05, 4.69) is 44.8 Å². The molecule has 1 N–H and O–H groups in total. The van der Waals surface area contributed by atoms with Crippen molar-refractivity contribution in [1.29, 1.82) is 0 Å². The number of ether oxygens (including phenoxy) is 2. The molecular weight excluding hydrogens is 792 g/mol. The van der Waals surface area contributed by atoms with Crippen LogP contribution in [0.4, 0.5) is 11.4 Å². The molecule has 0 radical (unpaired) electrons. The van der Waals surface area contributed by atoms with E-state index in [9.17, 15) is 9.59 Å². The van der Waals surface area contributed by atoms with Crippen LogP contribution < -0.4 is 15.1 Å². The van der Waals surface area contributed by atoms with Crippen LogP contribution in [0.3, 0.4) is 0 Å². The summed E-state index contributed by atoms with van der Waals surface area (Å²) >= 11 is 5.66. The van der Waals surface area contributed by atoms with Crippen LogP contribution in [0.15, 0.2) is 58.8 Å². The summed E-state index contributed by atoms with van der Waals surface area (Å²) in [7, 11) is 0. The van der Waals surface area contributed by atoms with Crippen molar-refractivity contribution in [2.24, 2.45) is 22.1 Å². The molecule has 2 amide bonds. The van der Waals surface area contributed by atoms with Crippen molar-refractivity contribution in [3.05, 3.63) is 59.7 Å². The number of aryl methyl sites for hydroxylation is 2. The van der Waals surface area contributed by atoms with Crippen molar-refractivity contribution in [1.82, 2.24) is 10.2 Å². The van der Waals surface area contributed by atoms with Gasteiger partial charge in [0, 0.05) is 73.9 Å². The van der Waals surface area contributed by atoms with Gasteiger partial charge in [-0.2, -0.15) is 0 Å². The van der Waals surface area contributed by atoms with Gasteiger partial charge in [0.05, 0.1) is 26.1 Å². The van der Waals surface area contributed by atoms with E-state index in [1.165, 1.54) is 68.9 Å². The number of para-hydroxylation sites is 2. The third kappa shape index (κ3) is 11.8. The van der Waals surface area contributed by atoms with Gasteiger partial charge in [-0.1, -0.05) is 46.7 Å². The first-order chi connectivity index (χ1) is 30.0. The number of piperidine rings is 2. The molecule has 12 nitrogen and oxygen atoms in total. The van der Waals surface area contributed by atoms with Crippen LogP contribution in [0.1, 0.15) is 114 Å². The first kappa shape index (κ1) is 43.8. The number of carbonyl (C=O) groups excluding carboxylic acids is 2. The van der Waals surface area contributed by atoms with Gasteiger partial charge in [0.15, 0.2) is 0 Å². The second-order valence-corrected chi connectivity index (χ2v) is 18.5. The standard InChI is InChI=1S/C24H33N3O3.C12H14ClNO.C12H20N2O2/c28-24-9-6-19-4-1-2-5-22(19)27(24)13-3-12-26-20-7-8-21(26)17-18(16-20)10-14-29-23-11-15-30-25-23;13-8-3-9-14-11-5-2-1-4-10(11)6-7-12(14)15;1-2-11-8-9(7-10(1)13-11)3-5-15-12-4-6-16-14-12/h1-2,4-5,18,20-21H,3,6-17H2;1-2,4-5H,3,6-9H2;9-11,13H,1-8H2. The van der Waals surface area contributed by atoms with Crippen LogP contribution in [0.2, 0.25) is 0 Å². The van der Waals surface area contributed by atoms with E-state index in [0.717, 1.165) is 125 Å². The Bertz CT molecular complexity index is 1800. The monoisotopic (exact) mass is 858 g/mol. The minimum atomic E-state index is 0.221. The van der Waals surface area contributed by atoms with Crippen molar-refractivity contribution >= 4 is 46.6 Å². The van der Waals surface area contributed by atoms with E-state index in [-0.39, 0.29) is 11.8 Å². The molecule has 0 aromatic heterocycles. The topological polar surface area (TPSA) is 118 Å². The van der Waals surface area contributed by atoms with E-state index in [1.807, 2.05) is 34.1 Å². The summed E-state index contributed by atoms with van der Waals surface area (Å²) < 4.78 is 11.4. The normalized spacial score (nSPS) is 27.4. The van der Waals surface area contributed by atoms with Crippen LogP contribution in [-0.2, 0) is 41.6 Å². The maximum absolute atomic E-state index is 12.5. The Labute approximate surface area is 367 Å². The molecule has 0 spiro atoms. The lowest BCUT2D eigenvalue weighted by atomic mass is 9.88. The largest absolute Gasteiger partial charge is 0.479 e. The quantitative estimate of drug-likeness (QED) is 0.202. The predicted octanol–water partition coefficient (Wildman–Crippen LogP) is 7.99. The van der Waals surface area contributed by atoms with E-state index in [0.29, 0.717) is 44.0 Å². The average molecular weight is 860 g/mol. The van der Waals surface area contributed by atoms with Gasteiger partial charge in [-0.15, -0.1) is 11.6 Å². The van der Waals surface area contributed by atoms with Gasteiger partial charge in [-0.05, 0) is 125 Å². The Morgan fingerprint density at radius 1 is 0.623 bits per heavy atom. The summed E-state index contributed by atoms with van der Waals surface area (Å²) in [5, 5.41) is 11.4. The number of rotatable bonds is 13. The second-order valence-electron chi connectivity index (χ2n) is 18.1. The summed E-state index contributed by atoms with van der Waals surface area (Å²) in [6.07, 6.45) is 19.5. The number of alkyl halides is 1. The molecule has 4 unspecified atom stereocenters. The number of hydrogen-bond acceptors (Lipinski definition) is 10. The minimum Gasteiger partial charge on any atom is -0.479 e. The second kappa shape index (κ2) is 22.0. The van der Waals surface area contributed by atoms with Crippen molar-refractivity contribution < 1.29 is 28.7 Å². The molecule has 8 heterocycles. The first-order valence-electron chi connectivity index (χ1n) is 23.5. The Kier molecular flexibility index (Phi) is 15.8. The number of amides is 2. The van der Waals surface area contributed by atoms with Crippen LogP contribution in [0.5, 0.6) is 0 Å². The maximum Gasteiger partial charge on any atom is 0.229 e. The minimum absolute atomic E-state index is 0.221. The predicted molar refractivity (Wildman–Crippen MR) is 240 cm³/mol. The molecule has 8 aliphatic rings. The lowest BCUT2D eigenvalue weighted by molar-refractivity contribution is -0.119. The van der Waals surface area contributed by atoms with Gasteiger partial charge in [0.2, 0.25) is 23.6 Å². The van der Waals surface area contributed by atoms with Crippen molar-refractivity contribution in [3.8, 4) is 0 Å². The van der Waals surface area contributed by atoms with Gasteiger partial charge in [0.1, 0.15) is 13.2 Å². The van der Waals surface area contributed by atoms with Gasteiger partial charge in [0.25, 0.3) is 0 Å². The number of benzene rings is 2. The van der Waals surface area contributed by atoms with Crippen LogP contribution in [0.25, 0.3) is 0 Å². The van der Waals surface area contributed by atoms with Crippen molar-refractivity contribution in [3.63, 3.8) is 0 Å². The number of carbonyl (C=O) groups is 2. The third-order valence-corrected chi connectivity index (χ3v) is 14.3. The lowest BCUT2D eigenvalue weighted by Crippen LogP contribution is -2.45. The first-order valence-corrected chi connectivity index (χ1v) is 24.0. The fraction of sp³-hybridized carbons (Fsp3) is 0.667. The SMILES string of the molecule is C1CC(OCCC2CC3CCC(C2)N3)=NO1.O=C1CCc2ccccc2N1CCCCl.O=C1CCc2ccccc2N1CCCN1C2CCC1CC(CCOC1=NOCC1)C2. The fourth-order valence-electron chi connectivity index (χ4n) is 11.0. The molecule has 2 aromatic rings. The zero-order chi connectivity index (χ0) is 41.8. The molecule has 4 bridgehead atoms. The molecule has 2 aromatic carbocycles. The summed E-state index contributed by atoms with van der Waals surface area (Å²) in [6.45, 7) is 5.61. The van der Waals surface area contributed by atoms with Gasteiger partial charge in [-0.3, -0.25) is 14.5 Å². The van der Waals surface area contributed by atoms with Gasteiger partial charge in [-0.25, -0.2) is 0 Å². The summed E-state index contributed by atoms with van der Waals surface area (Å²) in [5.74, 6) is 4.28. The molecule has 13 heteroatoms. The van der Waals surface area contributed by atoms with Crippen LogP contribution in [0, 0.1) is 11.8 Å². The third-order valence-electron chi connectivity index (χ3n) is 14.0. The Hall–Kier alpha value is -3.87. The number of oxime groups is 2. The Balaban J connectivity index is 0.000000139. The molecule has 0 saturated carbocycles. The highest BCUT2D eigenvalue weighted by Crippen LogP contribution is 2.40. The van der Waals surface area contributed by atoms with Gasteiger partial charge < -0.3 is 34.3 Å². The van der Waals surface area contributed by atoms with Crippen LogP contribution >= 0.6 is 11.6 Å². The average Bonchev–Trinajstić information content (AvgIpc) is 4.11. The molecular formula is C48H67ClN6O6. The molecule has 8 aliphatic heterocycles. The number of nitrogens with one attached hydrogen (secondary N) is 1. The zero-order valence-corrected chi connectivity index (χ0v) is 36.8. The number of halogens is 1. The summed E-state index contributed by atoms with van der Waals surface area (Å²) in [4.78, 5) is 40.8. The highest BCUT2D eigenvalue weighted by atomic mass is 35.5. The molecule has 332 valence electrons. The van der Waals surface area contributed by atoms with E-state index in [4.69, 9.17) is 30.7 Å². The fourth-order valence-corrected chi connectivity index (χ4v) is 11.1. The molecule has 4 atom stereocenters. The maximum atomic E-state index is 12.5. The summed E-state index contributed by atoms with van der Waals surface area (Å²) in [6, 6.07) is 19.5. The zero-order valence-electron chi connectivity index (χ0n) is 36.0. The molecule has 10 rings (SSSR count). The van der Waals surface area contributed by atoms with Crippen molar-refractivity contribution in [2.45, 2.75) is 140 Å². The highest BCUT2D eigenvalue weighted by Gasteiger charge is 2.40. The number of anilines is 2. The number of hydrogen-bond donors (Lipinski definition) is 1. The molecule has 0 aliphatic carbocycles. The highest BCUT2D eigenvalue weighted by molar-refractivity contribution is 6.17. The van der Waals surface area contributed by atoms with Crippen molar-refractivity contribution in [2.75, 3.05) is 61.7 Å². The molecule has 61 heavy (non-hydrogen) atoms. The Morgan fingerprint density at radius 2 is 1.13 bits per heavy atom. The summed E-state index contributed by atoms with van der Waals surface area (Å²) in [5.41, 5.74) is 4.79. The van der Waals surface area contributed by atoms with Crippen LogP contribution in [-0.4, -0.2) is 105 Å². The lowest BCUT2D eigenvalue weighted by Gasteiger charge is -2.39. The number of nitrogens with zero attached hydrogens (tertiary/aromatic N) is 5. The van der Waals surface area contributed by atoms with E-state index in [1.54, 1.807) is 0 Å². The molecule has 4 saturated heterocycles. The number of fused-ring (bicyclic) bond motifs is 6. The smallest absolute Gasteiger partial charge is 0.229 e. The Morgan fingerprint density at radius 3 is 1.64 bits per heavy atom. The molecule has 4 fully saturated rings. The van der Waals surface area contributed by atoms with Gasteiger partial charge >= 0.3 is 0 Å².